The van der Waals surface area contributed by atoms with E-state index in [-0.39, 0.29) is 0 Å². The topological polar surface area (TPSA) is 35.5 Å². The van der Waals surface area contributed by atoms with Gasteiger partial charge in [-0.25, -0.2) is 4.79 Å². The van der Waals surface area contributed by atoms with Crippen molar-refractivity contribution in [3.63, 3.8) is 0 Å². The van der Waals surface area contributed by atoms with Crippen molar-refractivity contribution in [2.24, 2.45) is 0 Å². The molecule has 3 radical (unpaired) electrons. The van der Waals surface area contributed by atoms with Crippen molar-refractivity contribution in [1.29, 1.82) is 0 Å². The Kier molecular flexibility index (Phi) is 4.12. The van der Waals surface area contributed by atoms with Gasteiger partial charge in [0.15, 0.2) is 6.10 Å². The number of benzene rings is 1. The van der Waals surface area contributed by atoms with Gasteiger partial charge in [-0.05, 0) is 17.7 Å². The monoisotopic (exact) mass is 227 g/mol. The molecule has 0 heterocycles. The minimum atomic E-state index is -0.796. The molecule has 1 rings (SSSR count). The highest BCUT2D eigenvalue weighted by atomic mass is 35.5. The van der Waals surface area contributed by atoms with E-state index < -0.39 is 12.1 Å². The predicted octanol–water partition coefficient (Wildman–Crippen LogP) is 1.65. The average molecular weight is 228 g/mol. The minimum absolute atomic E-state index is 0.484. The second kappa shape index (κ2) is 5.14. The molecule has 0 saturated heterocycles. The zero-order chi connectivity index (χ0) is 10.6. The fourth-order valence-electron chi connectivity index (χ4n) is 1.03. The van der Waals surface area contributed by atoms with Crippen LogP contribution in [0.2, 0.25) is 5.02 Å². The van der Waals surface area contributed by atoms with Crippen molar-refractivity contribution in [2.75, 3.05) is 7.11 Å². The summed E-state index contributed by atoms with van der Waals surface area (Å²) in [6, 6.07) is 6.82. The van der Waals surface area contributed by atoms with E-state index in [1.54, 1.807) is 24.3 Å². The van der Waals surface area contributed by atoms with Crippen LogP contribution in [0, 0.1) is 0 Å². The second-order valence-corrected chi connectivity index (χ2v) is 3.25. The van der Waals surface area contributed by atoms with Crippen molar-refractivity contribution >= 4 is 28.1 Å². The Labute approximate surface area is 90.5 Å². The van der Waals surface area contributed by atoms with Gasteiger partial charge in [0.05, 0.1) is 7.11 Å². The summed E-state index contributed by atoms with van der Waals surface area (Å²) in [5.74, 6) is -0.484. The lowest BCUT2D eigenvalue weighted by atomic mass is 10.1. The first-order valence-corrected chi connectivity index (χ1v) is 4.63. The first kappa shape index (κ1) is 11.2. The Bertz CT molecular complexity index is 330. The van der Waals surface area contributed by atoms with Crippen molar-refractivity contribution in [2.45, 2.75) is 6.10 Å². The van der Waals surface area contributed by atoms with E-state index in [1.807, 2.05) is 0 Å². The first-order chi connectivity index (χ1) is 6.69. The van der Waals surface area contributed by atoms with E-state index >= 15 is 0 Å². The Morgan fingerprint density at radius 2 is 2.29 bits per heavy atom. The van der Waals surface area contributed by atoms with Crippen LogP contribution in [-0.4, -0.2) is 23.6 Å². The Morgan fingerprint density at radius 3 is 2.79 bits per heavy atom. The molecule has 0 aliphatic heterocycles. The number of hydrogen-bond donors (Lipinski definition) is 0. The number of carbonyl (C=O) groups excluding carboxylic acids is 1. The third-order valence-electron chi connectivity index (χ3n) is 1.68. The van der Waals surface area contributed by atoms with Crippen molar-refractivity contribution < 1.29 is 14.0 Å². The molecule has 0 N–H and O–H groups in total. The molecule has 0 aliphatic carbocycles. The normalized spacial score (nSPS) is 12.2. The van der Waals surface area contributed by atoms with Crippen LogP contribution in [0.3, 0.4) is 0 Å². The summed E-state index contributed by atoms with van der Waals surface area (Å²) >= 11 is 5.77. The number of methoxy groups -OCH3 is 1. The molecule has 3 nitrogen and oxygen atoms in total. The van der Waals surface area contributed by atoms with Gasteiger partial charge in [-0.2, -0.15) is 0 Å². The van der Waals surface area contributed by atoms with Crippen LogP contribution in [-0.2, 0) is 14.0 Å². The molecule has 14 heavy (non-hydrogen) atoms. The van der Waals surface area contributed by atoms with Gasteiger partial charge >= 0.3 is 5.97 Å². The summed E-state index contributed by atoms with van der Waals surface area (Å²) in [6.07, 6.45) is -0.796. The standard InChI is InChI=1S/C9H8ClO3Si/c1-12-9(11)8(13-14)6-3-2-4-7(10)5-6/h2-5,8H,1H3. The van der Waals surface area contributed by atoms with E-state index in [1.165, 1.54) is 7.11 Å². The van der Waals surface area contributed by atoms with E-state index in [4.69, 9.17) is 16.0 Å². The molecule has 0 aromatic heterocycles. The highest BCUT2D eigenvalue weighted by molar-refractivity contribution is 6.30. The van der Waals surface area contributed by atoms with Crippen molar-refractivity contribution in [3.8, 4) is 0 Å². The average Bonchev–Trinajstić information content (AvgIpc) is 2.19. The van der Waals surface area contributed by atoms with Gasteiger partial charge in [0.2, 0.25) is 10.5 Å². The molecule has 73 valence electrons. The summed E-state index contributed by atoms with van der Waals surface area (Å²) in [5, 5.41) is 0.542. The summed E-state index contributed by atoms with van der Waals surface area (Å²) in [4.78, 5) is 11.2. The number of carbonyl (C=O) groups is 1. The maximum absolute atomic E-state index is 11.2. The number of hydrogen-bond acceptors (Lipinski definition) is 3. The third-order valence-corrected chi connectivity index (χ3v) is 2.16. The molecule has 1 unspecified atom stereocenters. The Hall–Kier alpha value is -0.843. The van der Waals surface area contributed by atoms with Crippen LogP contribution in [0.1, 0.15) is 11.7 Å². The highest BCUT2D eigenvalue weighted by Gasteiger charge is 2.20. The molecule has 0 saturated carbocycles. The number of halogens is 1. The molecule has 0 bridgehead atoms. The van der Waals surface area contributed by atoms with Gasteiger partial charge < -0.3 is 9.16 Å². The van der Waals surface area contributed by atoms with Gasteiger partial charge in [0, 0.05) is 5.02 Å². The Morgan fingerprint density at radius 1 is 1.57 bits per heavy atom. The number of ether oxygens (including phenoxy) is 1. The van der Waals surface area contributed by atoms with Gasteiger partial charge in [0.1, 0.15) is 0 Å². The molecule has 1 aromatic carbocycles. The van der Waals surface area contributed by atoms with Gasteiger partial charge in [-0.1, -0.05) is 23.7 Å². The fourth-order valence-corrected chi connectivity index (χ4v) is 1.46. The number of esters is 1. The van der Waals surface area contributed by atoms with E-state index in [2.05, 4.69) is 15.2 Å². The molecule has 1 aromatic rings. The van der Waals surface area contributed by atoms with Gasteiger partial charge in [0.25, 0.3) is 0 Å². The van der Waals surface area contributed by atoms with Gasteiger partial charge in [-0.15, -0.1) is 0 Å². The maximum atomic E-state index is 11.2. The summed E-state index contributed by atoms with van der Waals surface area (Å²) in [7, 11) is 4.12. The molecule has 5 heteroatoms. The molecular formula is C9H8ClO3Si. The molecular weight excluding hydrogens is 220 g/mol. The van der Waals surface area contributed by atoms with Crippen LogP contribution in [0.4, 0.5) is 0 Å². The predicted molar refractivity (Wildman–Crippen MR) is 53.0 cm³/mol. The van der Waals surface area contributed by atoms with E-state index in [9.17, 15) is 4.79 Å². The van der Waals surface area contributed by atoms with Crippen LogP contribution in [0.15, 0.2) is 24.3 Å². The Balaban J connectivity index is 2.94. The second-order valence-electron chi connectivity index (χ2n) is 2.58. The van der Waals surface area contributed by atoms with Crippen LogP contribution in [0.5, 0.6) is 0 Å². The quantitative estimate of drug-likeness (QED) is 0.582. The van der Waals surface area contributed by atoms with Gasteiger partial charge in [-0.3, -0.25) is 0 Å². The third kappa shape index (κ3) is 2.57. The zero-order valence-electron chi connectivity index (χ0n) is 7.49. The molecule has 0 fully saturated rings. The fraction of sp³-hybridized carbons (Fsp3) is 0.222. The molecule has 1 atom stereocenters. The highest BCUT2D eigenvalue weighted by Crippen LogP contribution is 2.20. The molecule has 0 amide bonds. The van der Waals surface area contributed by atoms with Crippen LogP contribution < -0.4 is 0 Å². The lowest BCUT2D eigenvalue weighted by molar-refractivity contribution is -0.149. The first-order valence-electron chi connectivity index (χ1n) is 3.84. The summed E-state index contributed by atoms with van der Waals surface area (Å²) in [5.41, 5.74) is 0.638. The largest absolute Gasteiger partial charge is 0.467 e. The smallest absolute Gasteiger partial charge is 0.338 e. The summed E-state index contributed by atoms with van der Waals surface area (Å²) in [6.45, 7) is 0. The lowest BCUT2D eigenvalue weighted by Gasteiger charge is -2.13. The molecule has 0 spiro atoms. The minimum Gasteiger partial charge on any atom is -0.467 e. The van der Waals surface area contributed by atoms with Crippen LogP contribution >= 0.6 is 11.6 Å². The van der Waals surface area contributed by atoms with Crippen molar-refractivity contribution in [3.05, 3.63) is 34.9 Å². The SMILES string of the molecule is COC(=O)C(O[Si])c1cccc(Cl)c1. The maximum Gasteiger partial charge on any atom is 0.338 e. The van der Waals surface area contributed by atoms with E-state index in [0.29, 0.717) is 10.6 Å². The molecule has 0 aliphatic rings. The summed E-state index contributed by atoms with van der Waals surface area (Å²) < 4.78 is 9.38. The number of rotatable bonds is 3. The lowest BCUT2D eigenvalue weighted by Crippen LogP contribution is -2.16. The van der Waals surface area contributed by atoms with E-state index in [0.717, 1.165) is 0 Å². The van der Waals surface area contributed by atoms with Crippen molar-refractivity contribution in [1.82, 2.24) is 0 Å². The zero-order valence-corrected chi connectivity index (χ0v) is 9.25. The van der Waals surface area contributed by atoms with Crippen LogP contribution in [0.25, 0.3) is 0 Å².